The molecule has 0 saturated heterocycles. The Hall–Kier alpha value is 7.26. The van der Waals surface area contributed by atoms with Gasteiger partial charge in [-0.15, -0.1) is 0 Å². The summed E-state index contributed by atoms with van der Waals surface area (Å²) in [5.74, 6) is 0. The molecule has 0 aromatic rings. The van der Waals surface area contributed by atoms with E-state index in [-0.39, 0.29) is 229 Å². The molecular weight excluding hydrogens is 1270 g/mol. The van der Waals surface area contributed by atoms with Gasteiger partial charge in [-0.3, -0.25) is 29.3 Å². The fourth-order valence-electron chi connectivity index (χ4n) is 0. The largest absolute Gasteiger partial charge is 2.00 e. The SMILES string of the molecule is [Ba+2].[Ba+2].[Ba+2].[O-]B([O-])[O-].[O-]B([O-])[O-].[O-]B([O-])[O-].[O-]B([O-])[O-].[Pb+2].[Pb+2].[Pb+2]. The maximum atomic E-state index is 8.42. The maximum absolute atomic E-state index is 8.42. The molecule has 12 nitrogen and oxygen atoms in total. The van der Waals surface area contributed by atoms with Crippen molar-refractivity contribution < 1.29 is 60.3 Å². The fourth-order valence-corrected chi connectivity index (χ4v) is 0. The van der Waals surface area contributed by atoms with Gasteiger partial charge in [0.1, 0.15) is 0 Å². The van der Waals surface area contributed by atoms with E-state index in [4.69, 9.17) is 60.3 Å². The summed E-state index contributed by atoms with van der Waals surface area (Å²) in [6.07, 6.45) is 0. The van der Waals surface area contributed by atoms with Gasteiger partial charge in [-0.2, -0.15) is 0 Å². The van der Waals surface area contributed by atoms with Crippen LogP contribution in [0.5, 0.6) is 0 Å². The van der Waals surface area contributed by atoms with Crippen molar-refractivity contribution in [2.75, 3.05) is 0 Å². The van der Waals surface area contributed by atoms with Crippen LogP contribution in [0.3, 0.4) is 0 Å². The second kappa shape index (κ2) is 56.6. The Labute approximate surface area is 309 Å². The van der Waals surface area contributed by atoms with Crippen molar-refractivity contribution in [1.29, 1.82) is 0 Å². The van der Waals surface area contributed by atoms with E-state index in [1.165, 1.54) is 0 Å². The molecule has 0 aromatic heterocycles. The van der Waals surface area contributed by atoms with Gasteiger partial charge >= 0.3 is 229 Å². The van der Waals surface area contributed by atoms with Gasteiger partial charge in [-0.25, -0.2) is 0 Å². The second-order valence-corrected chi connectivity index (χ2v) is 1.15. The van der Waals surface area contributed by atoms with Gasteiger partial charge in [0.05, 0.1) is 0 Å². The Morgan fingerprint density at radius 3 is 0.273 bits per heavy atom. The predicted molar refractivity (Wildman–Crippen MR) is 57.5 cm³/mol. The zero-order chi connectivity index (χ0) is 14.3. The van der Waals surface area contributed by atoms with Crippen molar-refractivity contribution in [2.24, 2.45) is 0 Å². The molecule has 0 rings (SSSR count). The zero-order valence-electron chi connectivity index (χ0n) is 10.8. The van der Waals surface area contributed by atoms with Gasteiger partial charge in [0, 0.05) is 0 Å². The summed E-state index contributed by atoms with van der Waals surface area (Å²) in [6, 6.07) is 0. The molecule has 22 heavy (non-hydrogen) atoms. The van der Waals surface area contributed by atoms with E-state index in [9.17, 15) is 0 Å². The molecule has 102 valence electrons. The summed E-state index contributed by atoms with van der Waals surface area (Å²) in [4.78, 5) is 0. The fraction of sp³-hybridized carbons (Fsp3) is 0. The molecule has 0 unspecified atom stereocenters. The Kier molecular flexibility index (Phi) is 162. The average molecular weight is 1270 g/mol. The van der Waals surface area contributed by atoms with E-state index >= 15 is 0 Å². The van der Waals surface area contributed by atoms with E-state index in [0.717, 1.165) is 0 Å². The predicted octanol–water partition coefficient (Wildman–Crippen LogP) is -18.1. The molecule has 0 aromatic carbocycles. The smallest absolute Gasteiger partial charge is 0.907 e. The van der Waals surface area contributed by atoms with Crippen molar-refractivity contribution in [2.45, 2.75) is 0 Å². The van der Waals surface area contributed by atoms with Gasteiger partial charge in [0.15, 0.2) is 0 Å². The molecule has 0 N–H and O–H groups in total. The molecule has 6 radical (unpaired) electrons. The Balaban J connectivity index is -0.00000001000. The third-order valence-electron chi connectivity index (χ3n) is 0. The van der Waals surface area contributed by atoms with Crippen LogP contribution in [0.1, 0.15) is 0 Å². The molecule has 22 heteroatoms. The summed E-state index contributed by atoms with van der Waals surface area (Å²) in [5, 5.41) is 101. The normalized spacial score (nSPS) is 4.91. The molecule has 0 fully saturated rings. The zero-order valence-corrected chi connectivity index (χ0v) is 35.8. The van der Waals surface area contributed by atoms with Crippen LogP contribution in [-0.4, -0.2) is 258 Å². The first-order valence-corrected chi connectivity index (χ1v) is 2.83. The molecule has 0 atom stereocenters. The number of rotatable bonds is 0. The first-order valence-electron chi connectivity index (χ1n) is 2.83. The first kappa shape index (κ1) is 63.0. The molecule has 0 spiro atoms. The minimum absolute atomic E-state index is 0. The van der Waals surface area contributed by atoms with Crippen molar-refractivity contribution in [3.8, 4) is 0 Å². The first-order chi connectivity index (χ1) is 6.93. The van der Waals surface area contributed by atoms with Gasteiger partial charge in [-0.1, -0.05) is 0 Å². The van der Waals surface area contributed by atoms with Crippen molar-refractivity contribution in [3.63, 3.8) is 0 Å². The molecule has 0 aliphatic rings. The Bertz CT molecular complexity index is 80.6. The second-order valence-electron chi connectivity index (χ2n) is 1.15. The third kappa shape index (κ3) is 357. The third-order valence-corrected chi connectivity index (χ3v) is 0. The Morgan fingerprint density at radius 2 is 0.273 bits per heavy atom. The van der Waals surface area contributed by atoms with E-state index < -0.39 is 29.3 Å². The van der Waals surface area contributed by atoms with Gasteiger partial charge in [0.2, 0.25) is 0 Å². The van der Waals surface area contributed by atoms with Crippen LogP contribution in [0.2, 0.25) is 0 Å². The van der Waals surface area contributed by atoms with Crippen LogP contribution in [0, 0.1) is 0 Å². The number of hydrogen-bond acceptors (Lipinski definition) is 12. The van der Waals surface area contributed by atoms with Crippen molar-refractivity contribution >= 4 is 258 Å². The monoisotopic (exact) mass is 1270 g/mol. The molecule has 0 aliphatic heterocycles. The van der Waals surface area contributed by atoms with Crippen molar-refractivity contribution in [3.05, 3.63) is 0 Å². The van der Waals surface area contributed by atoms with Crippen LogP contribution in [0.25, 0.3) is 0 Å². The minimum atomic E-state index is -2.92. The molecule has 0 saturated carbocycles. The standard InChI is InChI=1S/4BO3.3Ba.3Pb/c4*2-1(3)4;;;;;;/q4*-3;6*+2. The quantitative estimate of drug-likeness (QED) is 0.205. The van der Waals surface area contributed by atoms with Crippen LogP contribution in [-0.2, 0) is 0 Å². The molecular formula is B4Ba3O12Pb3. The summed E-state index contributed by atoms with van der Waals surface area (Å²) < 4.78 is 0. The summed E-state index contributed by atoms with van der Waals surface area (Å²) >= 11 is 0. The van der Waals surface area contributed by atoms with E-state index in [2.05, 4.69) is 0 Å². The Morgan fingerprint density at radius 1 is 0.273 bits per heavy atom. The van der Waals surface area contributed by atoms with Crippen LogP contribution < -0.4 is 60.3 Å². The van der Waals surface area contributed by atoms with Gasteiger partial charge < -0.3 is 60.3 Å². The molecule has 0 aliphatic carbocycles. The van der Waals surface area contributed by atoms with E-state index in [1.807, 2.05) is 0 Å². The van der Waals surface area contributed by atoms with Crippen LogP contribution in [0.4, 0.5) is 0 Å². The van der Waals surface area contributed by atoms with Crippen molar-refractivity contribution in [1.82, 2.24) is 0 Å². The topological polar surface area (TPSA) is 277 Å². The summed E-state index contributed by atoms with van der Waals surface area (Å²) in [7, 11) is -11.7. The molecule has 0 bridgehead atoms. The molecule has 0 heterocycles. The van der Waals surface area contributed by atoms with Crippen LogP contribution >= 0.6 is 0 Å². The number of hydrogen-bond donors (Lipinski definition) is 0. The summed E-state index contributed by atoms with van der Waals surface area (Å²) in [6.45, 7) is 0. The summed E-state index contributed by atoms with van der Waals surface area (Å²) in [5.41, 5.74) is 0. The van der Waals surface area contributed by atoms with Crippen LogP contribution in [0.15, 0.2) is 0 Å². The van der Waals surface area contributed by atoms with E-state index in [0.29, 0.717) is 0 Å². The average Bonchev–Trinajstić information content (AvgIpc) is 1.76. The minimum Gasteiger partial charge on any atom is -0.907 e. The molecule has 0 amide bonds. The van der Waals surface area contributed by atoms with Gasteiger partial charge in [0.25, 0.3) is 0 Å². The maximum Gasteiger partial charge on any atom is 2.00 e. The van der Waals surface area contributed by atoms with E-state index in [1.54, 1.807) is 0 Å². The van der Waals surface area contributed by atoms with Gasteiger partial charge in [-0.05, 0) is 0 Å².